The molecular weight excluding hydrogens is 340 g/mol. The molecule has 25 heavy (non-hydrogen) atoms. The summed E-state index contributed by atoms with van der Waals surface area (Å²) in [7, 11) is 3.96. The summed E-state index contributed by atoms with van der Waals surface area (Å²) >= 11 is 0. The quantitative estimate of drug-likeness (QED) is 0.766. The van der Waals surface area contributed by atoms with Crippen LogP contribution in [0.4, 0.5) is 8.78 Å². The average Bonchev–Trinajstić information content (AvgIpc) is 3.07. The van der Waals surface area contributed by atoms with Gasteiger partial charge in [0.1, 0.15) is 17.6 Å². The van der Waals surface area contributed by atoms with Crippen LogP contribution in [0.1, 0.15) is 43.2 Å². The largest absolute Gasteiger partial charge is 0.469 e. The predicted octanol–water partition coefficient (Wildman–Crippen LogP) is 1.53. The first-order valence-electron chi connectivity index (χ1n) is 7.78. The molecule has 0 saturated heterocycles. The number of carbonyl (C=O) groups excluding carboxylic acids is 2. The van der Waals surface area contributed by atoms with Crippen LogP contribution in [-0.2, 0) is 29.7 Å². The SMILES string of the molecule is COC(=O)CCC(=O)C1C[C@H](OC)[C@@H](OC)c2n[nH]nc2C(F)(F)C1. The molecule has 0 fully saturated rings. The Morgan fingerprint density at radius 1 is 1.20 bits per heavy atom. The van der Waals surface area contributed by atoms with Gasteiger partial charge in [-0.2, -0.15) is 24.2 Å². The number of halogens is 2. The first kappa shape index (κ1) is 19.4. The van der Waals surface area contributed by atoms with Crippen molar-refractivity contribution in [3.05, 3.63) is 11.4 Å². The zero-order chi connectivity index (χ0) is 18.6. The Kier molecular flexibility index (Phi) is 6.17. The van der Waals surface area contributed by atoms with Crippen molar-refractivity contribution in [1.82, 2.24) is 15.4 Å². The van der Waals surface area contributed by atoms with E-state index in [1.807, 2.05) is 0 Å². The highest BCUT2D eigenvalue weighted by Gasteiger charge is 2.47. The van der Waals surface area contributed by atoms with E-state index in [-0.39, 0.29) is 25.0 Å². The maximum Gasteiger partial charge on any atom is 0.305 e. The van der Waals surface area contributed by atoms with Gasteiger partial charge in [0.2, 0.25) is 0 Å². The Hall–Kier alpha value is -1.94. The molecule has 1 N–H and O–H groups in total. The lowest BCUT2D eigenvalue weighted by molar-refractivity contribution is -0.143. The second-order valence-corrected chi connectivity index (χ2v) is 5.87. The molecule has 0 saturated carbocycles. The van der Waals surface area contributed by atoms with Crippen LogP contribution in [0.2, 0.25) is 0 Å². The van der Waals surface area contributed by atoms with Gasteiger partial charge < -0.3 is 14.2 Å². The standard InChI is InChI=1S/C15H21F2N3O5/c1-23-10-6-8(9(21)4-5-11(22)24-2)7-15(16,17)14-12(13(10)25-3)18-20-19-14/h8,10,13H,4-7H2,1-3H3,(H,18,19,20)/t8?,10-,13+/m0/s1. The summed E-state index contributed by atoms with van der Waals surface area (Å²) in [6, 6.07) is 0. The number of ketones is 1. The molecule has 1 aromatic heterocycles. The Bertz CT molecular complexity index is 622. The Morgan fingerprint density at radius 3 is 2.52 bits per heavy atom. The van der Waals surface area contributed by atoms with Crippen molar-refractivity contribution in [1.29, 1.82) is 0 Å². The van der Waals surface area contributed by atoms with Crippen molar-refractivity contribution in [3.63, 3.8) is 0 Å². The molecule has 0 radical (unpaired) electrons. The summed E-state index contributed by atoms with van der Waals surface area (Å²) in [5, 5.41) is 9.52. The number of nitrogens with one attached hydrogen (secondary N) is 1. The molecule has 1 aliphatic carbocycles. The number of rotatable bonds is 6. The Balaban J connectivity index is 2.29. The number of ether oxygens (including phenoxy) is 3. The van der Waals surface area contributed by atoms with E-state index in [0.717, 1.165) is 0 Å². The second kappa shape index (κ2) is 7.96. The van der Waals surface area contributed by atoms with Gasteiger partial charge >= 0.3 is 5.97 Å². The average molecular weight is 361 g/mol. The molecule has 1 aliphatic rings. The number of esters is 1. The molecule has 0 aromatic carbocycles. The number of H-pyrrole nitrogens is 1. The van der Waals surface area contributed by atoms with Crippen LogP contribution in [0.25, 0.3) is 0 Å². The van der Waals surface area contributed by atoms with Crippen LogP contribution in [0, 0.1) is 5.92 Å². The van der Waals surface area contributed by atoms with Gasteiger partial charge in [-0.15, -0.1) is 0 Å². The number of methoxy groups -OCH3 is 3. The number of aromatic nitrogens is 3. The smallest absolute Gasteiger partial charge is 0.305 e. The minimum absolute atomic E-state index is 0.0247. The van der Waals surface area contributed by atoms with Crippen molar-refractivity contribution in [2.75, 3.05) is 21.3 Å². The molecule has 140 valence electrons. The predicted molar refractivity (Wildman–Crippen MR) is 79.8 cm³/mol. The lowest BCUT2D eigenvalue weighted by atomic mass is 9.83. The van der Waals surface area contributed by atoms with Gasteiger partial charge in [0.15, 0.2) is 5.69 Å². The van der Waals surface area contributed by atoms with Gasteiger partial charge in [0.05, 0.1) is 19.6 Å². The van der Waals surface area contributed by atoms with Gasteiger partial charge in [-0.25, -0.2) is 0 Å². The third-order valence-corrected chi connectivity index (χ3v) is 4.36. The van der Waals surface area contributed by atoms with Crippen LogP contribution >= 0.6 is 0 Å². The molecule has 10 heteroatoms. The van der Waals surface area contributed by atoms with Crippen LogP contribution in [-0.4, -0.2) is 54.6 Å². The van der Waals surface area contributed by atoms with Gasteiger partial charge in [-0.3, -0.25) is 9.59 Å². The molecule has 0 bridgehead atoms. The van der Waals surface area contributed by atoms with E-state index in [2.05, 4.69) is 20.1 Å². The molecule has 1 aromatic rings. The lowest BCUT2D eigenvalue weighted by Crippen LogP contribution is -2.36. The molecule has 3 atom stereocenters. The fourth-order valence-electron chi connectivity index (χ4n) is 3.04. The molecule has 8 nitrogen and oxygen atoms in total. The summed E-state index contributed by atoms with van der Waals surface area (Å²) in [5.41, 5.74) is -0.577. The lowest BCUT2D eigenvalue weighted by Gasteiger charge is -2.32. The summed E-state index contributed by atoms with van der Waals surface area (Å²) in [6.45, 7) is 0. The van der Waals surface area contributed by atoms with E-state index >= 15 is 0 Å². The fraction of sp³-hybridized carbons (Fsp3) is 0.733. The summed E-state index contributed by atoms with van der Waals surface area (Å²) in [6.07, 6.45) is -2.58. The van der Waals surface area contributed by atoms with E-state index in [4.69, 9.17) is 9.47 Å². The fourth-order valence-corrected chi connectivity index (χ4v) is 3.04. The van der Waals surface area contributed by atoms with Crippen molar-refractivity contribution < 1.29 is 32.6 Å². The topological polar surface area (TPSA) is 103 Å². The number of Topliss-reactive ketones (excluding diaryl/α,β-unsaturated/α-hetero) is 1. The normalized spacial score (nSPS) is 25.6. The van der Waals surface area contributed by atoms with Gasteiger partial charge in [0, 0.05) is 33.0 Å². The van der Waals surface area contributed by atoms with E-state index in [0.29, 0.717) is 0 Å². The molecule has 0 amide bonds. The first-order valence-corrected chi connectivity index (χ1v) is 7.78. The number of aromatic amines is 1. The van der Waals surface area contributed by atoms with Crippen LogP contribution in [0.5, 0.6) is 0 Å². The van der Waals surface area contributed by atoms with Crippen LogP contribution in [0.15, 0.2) is 0 Å². The van der Waals surface area contributed by atoms with Crippen molar-refractivity contribution in [2.24, 2.45) is 5.92 Å². The van der Waals surface area contributed by atoms with Crippen molar-refractivity contribution >= 4 is 11.8 Å². The highest BCUT2D eigenvalue weighted by atomic mass is 19.3. The number of hydrogen-bond acceptors (Lipinski definition) is 7. The molecule has 1 unspecified atom stereocenters. The van der Waals surface area contributed by atoms with Gasteiger partial charge in [-0.05, 0) is 6.42 Å². The van der Waals surface area contributed by atoms with Crippen LogP contribution < -0.4 is 0 Å². The zero-order valence-corrected chi connectivity index (χ0v) is 14.3. The molecule has 0 aliphatic heterocycles. The van der Waals surface area contributed by atoms with E-state index in [9.17, 15) is 18.4 Å². The Labute approximate surface area is 143 Å². The summed E-state index contributed by atoms with van der Waals surface area (Å²) in [4.78, 5) is 23.6. The number of hydrogen-bond donors (Lipinski definition) is 1. The first-order chi connectivity index (χ1) is 11.8. The van der Waals surface area contributed by atoms with Gasteiger partial charge in [0.25, 0.3) is 5.92 Å². The highest BCUT2D eigenvalue weighted by Crippen LogP contribution is 2.43. The monoisotopic (exact) mass is 361 g/mol. The number of alkyl halides is 2. The van der Waals surface area contributed by atoms with Crippen LogP contribution in [0.3, 0.4) is 0 Å². The van der Waals surface area contributed by atoms with E-state index in [1.165, 1.54) is 21.3 Å². The second-order valence-electron chi connectivity index (χ2n) is 5.87. The number of nitrogens with zero attached hydrogens (tertiary/aromatic N) is 2. The molecule has 0 spiro atoms. The third kappa shape index (κ3) is 4.18. The van der Waals surface area contributed by atoms with E-state index < -0.39 is 47.9 Å². The summed E-state index contributed by atoms with van der Waals surface area (Å²) < 4.78 is 44.4. The third-order valence-electron chi connectivity index (χ3n) is 4.36. The molecule has 2 rings (SSSR count). The highest BCUT2D eigenvalue weighted by molar-refractivity contribution is 5.84. The van der Waals surface area contributed by atoms with E-state index in [1.54, 1.807) is 0 Å². The zero-order valence-electron chi connectivity index (χ0n) is 14.3. The maximum atomic E-state index is 14.6. The van der Waals surface area contributed by atoms with Crippen molar-refractivity contribution in [2.45, 2.75) is 43.8 Å². The molecule has 1 heterocycles. The number of carbonyl (C=O) groups is 2. The maximum absolute atomic E-state index is 14.6. The summed E-state index contributed by atoms with van der Waals surface area (Å²) in [5.74, 6) is -5.38. The van der Waals surface area contributed by atoms with Gasteiger partial charge in [-0.1, -0.05) is 0 Å². The molecular formula is C15H21F2N3O5. The minimum atomic E-state index is -3.36. The van der Waals surface area contributed by atoms with Crippen molar-refractivity contribution in [3.8, 4) is 0 Å². The number of fused-ring (bicyclic) bond motifs is 1. The Morgan fingerprint density at radius 2 is 1.92 bits per heavy atom. The minimum Gasteiger partial charge on any atom is -0.469 e.